The molecule has 0 fully saturated rings. The molecular weight excluding hydrogens is 262 g/mol. The third kappa shape index (κ3) is 3.78. The van der Waals surface area contributed by atoms with Crippen molar-refractivity contribution in [2.24, 2.45) is 0 Å². The zero-order valence-electron chi connectivity index (χ0n) is 13.3. The van der Waals surface area contributed by atoms with Crippen molar-refractivity contribution in [3.63, 3.8) is 0 Å². The standard InChI is InChI=1S/C18H27NO2/c1-3-5-9-13-18(14-10-6-4-2)15-11-7-8-12-16(15)19-17(20)21-18/h7-8,11-12H,3-6,9-10,13-14H2,1-2H3,(H,19,20). The molecule has 1 amide bonds. The van der Waals surface area contributed by atoms with Gasteiger partial charge in [0.1, 0.15) is 5.60 Å². The second kappa shape index (κ2) is 7.48. The number of carbonyl (C=O) groups excluding carboxylic acids is 1. The molecule has 21 heavy (non-hydrogen) atoms. The van der Waals surface area contributed by atoms with Crippen molar-refractivity contribution in [2.75, 3.05) is 5.32 Å². The van der Waals surface area contributed by atoms with Gasteiger partial charge in [0.25, 0.3) is 0 Å². The molecule has 1 heterocycles. The van der Waals surface area contributed by atoms with Gasteiger partial charge < -0.3 is 4.74 Å². The molecule has 0 saturated heterocycles. The molecule has 0 atom stereocenters. The first-order valence-corrected chi connectivity index (χ1v) is 8.31. The van der Waals surface area contributed by atoms with Crippen LogP contribution in [0.15, 0.2) is 24.3 Å². The average molecular weight is 289 g/mol. The van der Waals surface area contributed by atoms with Gasteiger partial charge in [-0.25, -0.2) is 4.79 Å². The Balaban J connectivity index is 2.26. The average Bonchev–Trinajstić information content (AvgIpc) is 2.48. The summed E-state index contributed by atoms with van der Waals surface area (Å²) in [6.45, 7) is 4.40. The Bertz CT molecular complexity index is 460. The van der Waals surface area contributed by atoms with Crippen LogP contribution in [-0.4, -0.2) is 6.09 Å². The van der Waals surface area contributed by atoms with Crippen molar-refractivity contribution < 1.29 is 9.53 Å². The zero-order chi connectivity index (χ0) is 15.1. The minimum atomic E-state index is -0.427. The number of carbonyl (C=O) groups is 1. The van der Waals surface area contributed by atoms with Crippen LogP contribution in [0.2, 0.25) is 0 Å². The van der Waals surface area contributed by atoms with Crippen molar-refractivity contribution in [2.45, 2.75) is 70.8 Å². The lowest BCUT2D eigenvalue weighted by atomic mass is 9.82. The van der Waals surface area contributed by atoms with Crippen molar-refractivity contribution >= 4 is 11.8 Å². The lowest BCUT2D eigenvalue weighted by molar-refractivity contribution is -0.00670. The van der Waals surface area contributed by atoms with Gasteiger partial charge in [0.05, 0.1) is 5.69 Å². The maximum atomic E-state index is 12.0. The van der Waals surface area contributed by atoms with Crippen LogP contribution >= 0.6 is 0 Å². The number of unbranched alkanes of at least 4 members (excludes halogenated alkanes) is 4. The summed E-state index contributed by atoms with van der Waals surface area (Å²) in [5, 5.41) is 2.83. The van der Waals surface area contributed by atoms with Crippen LogP contribution in [0, 0.1) is 0 Å². The van der Waals surface area contributed by atoms with Gasteiger partial charge in [-0.1, -0.05) is 57.7 Å². The van der Waals surface area contributed by atoms with Crippen molar-refractivity contribution in [3.8, 4) is 0 Å². The van der Waals surface area contributed by atoms with E-state index in [4.69, 9.17) is 4.74 Å². The largest absolute Gasteiger partial charge is 0.438 e. The van der Waals surface area contributed by atoms with Crippen molar-refractivity contribution in [1.29, 1.82) is 0 Å². The Hall–Kier alpha value is -1.51. The molecule has 0 radical (unpaired) electrons. The van der Waals surface area contributed by atoms with E-state index < -0.39 is 5.60 Å². The fourth-order valence-corrected chi connectivity index (χ4v) is 3.17. The number of cyclic esters (lactones) is 1. The molecule has 3 heteroatoms. The molecule has 0 saturated carbocycles. The Morgan fingerprint density at radius 1 is 1.00 bits per heavy atom. The first-order valence-electron chi connectivity index (χ1n) is 8.31. The molecule has 1 aliphatic heterocycles. The number of amides is 1. The summed E-state index contributed by atoms with van der Waals surface area (Å²) in [7, 11) is 0. The molecule has 0 unspecified atom stereocenters. The predicted octanol–water partition coefficient (Wildman–Crippen LogP) is 5.60. The molecule has 0 aromatic heterocycles. The van der Waals surface area contributed by atoms with E-state index in [1.54, 1.807) is 0 Å². The van der Waals surface area contributed by atoms with Gasteiger partial charge in [-0.05, 0) is 31.7 Å². The first-order chi connectivity index (χ1) is 10.2. The minimum Gasteiger partial charge on any atom is -0.438 e. The summed E-state index contributed by atoms with van der Waals surface area (Å²) < 4.78 is 5.84. The van der Waals surface area contributed by atoms with Crippen LogP contribution < -0.4 is 5.32 Å². The van der Waals surface area contributed by atoms with Crippen LogP contribution in [0.1, 0.15) is 70.8 Å². The van der Waals surface area contributed by atoms with Gasteiger partial charge in [-0.2, -0.15) is 0 Å². The van der Waals surface area contributed by atoms with Crippen molar-refractivity contribution in [1.82, 2.24) is 0 Å². The number of ether oxygens (including phenoxy) is 1. The molecular formula is C18H27NO2. The normalized spacial score (nSPS) is 16.0. The lowest BCUT2D eigenvalue weighted by Gasteiger charge is -2.39. The van der Waals surface area contributed by atoms with Crippen LogP contribution in [0.4, 0.5) is 10.5 Å². The number of nitrogens with one attached hydrogen (secondary N) is 1. The fourth-order valence-electron chi connectivity index (χ4n) is 3.17. The van der Waals surface area contributed by atoms with E-state index in [0.717, 1.165) is 36.9 Å². The van der Waals surface area contributed by atoms with Crippen LogP contribution in [0.5, 0.6) is 0 Å². The Morgan fingerprint density at radius 3 is 2.24 bits per heavy atom. The van der Waals surface area contributed by atoms with Crippen LogP contribution in [0.25, 0.3) is 0 Å². The second-order valence-electron chi connectivity index (χ2n) is 5.97. The van der Waals surface area contributed by atoms with Crippen LogP contribution in [-0.2, 0) is 10.3 Å². The van der Waals surface area contributed by atoms with Gasteiger partial charge in [0.2, 0.25) is 0 Å². The van der Waals surface area contributed by atoms with E-state index in [2.05, 4.69) is 25.2 Å². The second-order valence-corrected chi connectivity index (χ2v) is 5.97. The number of rotatable bonds is 8. The molecule has 1 aliphatic rings. The number of hydrogen-bond donors (Lipinski definition) is 1. The molecule has 1 aromatic carbocycles. The predicted molar refractivity (Wildman–Crippen MR) is 86.5 cm³/mol. The van der Waals surface area contributed by atoms with E-state index in [1.807, 2.05) is 18.2 Å². The summed E-state index contributed by atoms with van der Waals surface area (Å²) in [4.78, 5) is 12.0. The van der Waals surface area contributed by atoms with Gasteiger partial charge in [0, 0.05) is 5.56 Å². The Labute approximate surface area is 128 Å². The maximum absolute atomic E-state index is 12.0. The van der Waals surface area contributed by atoms with E-state index in [-0.39, 0.29) is 6.09 Å². The molecule has 0 aliphatic carbocycles. The quantitative estimate of drug-likeness (QED) is 0.632. The lowest BCUT2D eigenvalue weighted by Crippen LogP contribution is -2.39. The monoisotopic (exact) mass is 289 g/mol. The summed E-state index contributed by atoms with van der Waals surface area (Å²) in [5.74, 6) is 0. The molecule has 1 aromatic rings. The molecule has 3 nitrogen and oxygen atoms in total. The zero-order valence-corrected chi connectivity index (χ0v) is 13.3. The summed E-state index contributed by atoms with van der Waals surface area (Å²) in [6, 6.07) is 8.08. The Morgan fingerprint density at radius 2 is 1.62 bits per heavy atom. The molecule has 116 valence electrons. The summed E-state index contributed by atoms with van der Waals surface area (Å²) in [5.41, 5.74) is 1.64. The third-order valence-electron chi connectivity index (χ3n) is 4.31. The number of anilines is 1. The number of hydrogen-bond acceptors (Lipinski definition) is 2. The van der Waals surface area contributed by atoms with E-state index >= 15 is 0 Å². The Kier molecular flexibility index (Phi) is 5.66. The van der Waals surface area contributed by atoms with Gasteiger partial charge in [-0.15, -0.1) is 0 Å². The van der Waals surface area contributed by atoms with E-state index in [9.17, 15) is 4.79 Å². The smallest absolute Gasteiger partial charge is 0.412 e. The maximum Gasteiger partial charge on any atom is 0.412 e. The molecule has 1 N–H and O–H groups in total. The minimum absolute atomic E-state index is 0.304. The molecule has 0 spiro atoms. The number of benzene rings is 1. The topological polar surface area (TPSA) is 38.3 Å². The SMILES string of the molecule is CCCCCC1(CCCCC)OC(=O)Nc2ccccc21. The summed E-state index contributed by atoms with van der Waals surface area (Å²) in [6.07, 6.45) is 8.48. The number of fused-ring (bicyclic) bond motifs is 1. The highest BCUT2D eigenvalue weighted by atomic mass is 16.6. The van der Waals surface area contributed by atoms with E-state index in [0.29, 0.717) is 0 Å². The fraction of sp³-hybridized carbons (Fsp3) is 0.611. The van der Waals surface area contributed by atoms with Gasteiger partial charge in [-0.3, -0.25) is 5.32 Å². The third-order valence-corrected chi connectivity index (χ3v) is 4.31. The molecule has 0 bridgehead atoms. The van der Waals surface area contributed by atoms with Gasteiger partial charge in [0.15, 0.2) is 0 Å². The van der Waals surface area contributed by atoms with E-state index in [1.165, 1.54) is 25.7 Å². The van der Waals surface area contributed by atoms with Gasteiger partial charge >= 0.3 is 6.09 Å². The molecule has 2 rings (SSSR count). The number of para-hydroxylation sites is 1. The van der Waals surface area contributed by atoms with Crippen LogP contribution in [0.3, 0.4) is 0 Å². The summed E-state index contributed by atoms with van der Waals surface area (Å²) >= 11 is 0. The van der Waals surface area contributed by atoms with Crippen molar-refractivity contribution in [3.05, 3.63) is 29.8 Å². The highest BCUT2D eigenvalue weighted by Crippen LogP contribution is 2.43. The first kappa shape index (κ1) is 15.9. The highest BCUT2D eigenvalue weighted by Gasteiger charge is 2.40. The highest BCUT2D eigenvalue weighted by molar-refractivity contribution is 5.88.